The minimum Gasteiger partial charge on any atom is -0.493 e. The minimum atomic E-state index is -0.327. The maximum absolute atomic E-state index is 14.4. The fraction of sp³-hybridized carbons (Fsp3) is 0.200. The third-order valence-electron chi connectivity index (χ3n) is 5.09. The Labute approximate surface area is 164 Å². The zero-order valence-corrected chi connectivity index (χ0v) is 15.6. The van der Waals surface area contributed by atoms with E-state index in [0.717, 1.165) is 11.1 Å². The zero-order valence-electron chi connectivity index (χ0n) is 15.6. The lowest BCUT2D eigenvalue weighted by Gasteiger charge is -2.13. The summed E-state index contributed by atoms with van der Waals surface area (Å²) in [5.41, 5.74) is 2.51. The standard InChI is InChI=1S/C20H17FN6O2/c1-27-10-11(6-25-27)13-7-22-19(15-9-24-26-20(28)18(13)15)23-8-14-12-4-5-29-17(12)3-2-16(14)21/h2-3,6-7,9-10H,4-5,8H2,1H3,(H,22,23)(H,26,28). The van der Waals surface area contributed by atoms with Gasteiger partial charge in [0, 0.05) is 54.7 Å². The fourth-order valence-corrected chi connectivity index (χ4v) is 3.71. The molecular weight excluding hydrogens is 375 g/mol. The topological polar surface area (TPSA) is 97.7 Å². The quantitative estimate of drug-likeness (QED) is 0.554. The molecule has 0 spiro atoms. The van der Waals surface area contributed by atoms with E-state index < -0.39 is 0 Å². The van der Waals surface area contributed by atoms with Crippen molar-refractivity contribution in [2.75, 3.05) is 11.9 Å². The van der Waals surface area contributed by atoms with Gasteiger partial charge in [0.25, 0.3) is 5.56 Å². The van der Waals surface area contributed by atoms with Gasteiger partial charge in [0.1, 0.15) is 17.4 Å². The average molecular weight is 392 g/mol. The van der Waals surface area contributed by atoms with Crippen LogP contribution in [0.25, 0.3) is 21.9 Å². The van der Waals surface area contributed by atoms with Gasteiger partial charge in [-0.05, 0) is 12.1 Å². The van der Waals surface area contributed by atoms with Crippen LogP contribution < -0.4 is 15.6 Å². The maximum Gasteiger partial charge on any atom is 0.272 e. The summed E-state index contributed by atoms with van der Waals surface area (Å²) in [6, 6.07) is 3.06. The summed E-state index contributed by atoms with van der Waals surface area (Å²) in [6.07, 6.45) is 7.31. The summed E-state index contributed by atoms with van der Waals surface area (Å²) < 4.78 is 21.6. The number of aromatic amines is 1. The highest BCUT2D eigenvalue weighted by molar-refractivity contribution is 6.00. The molecule has 9 heteroatoms. The first kappa shape index (κ1) is 17.4. The van der Waals surface area contributed by atoms with Crippen molar-refractivity contribution >= 4 is 16.6 Å². The van der Waals surface area contributed by atoms with E-state index in [9.17, 15) is 9.18 Å². The number of aromatic nitrogens is 5. The number of rotatable bonds is 4. The summed E-state index contributed by atoms with van der Waals surface area (Å²) in [5.74, 6) is 0.877. The Morgan fingerprint density at radius 1 is 1.31 bits per heavy atom. The molecule has 4 heterocycles. The molecule has 0 atom stereocenters. The van der Waals surface area contributed by atoms with Crippen molar-refractivity contribution < 1.29 is 9.13 Å². The first-order valence-corrected chi connectivity index (χ1v) is 9.14. The molecule has 0 unspecified atom stereocenters. The van der Waals surface area contributed by atoms with Crippen LogP contribution in [0.5, 0.6) is 5.75 Å². The Hall–Kier alpha value is -3.75. The highest BCUT2D eigenvalue weighted by atomic mass is 19.1. The summed E-state index contributed by atoms with van der Waals surface area (Å²) in [7, 11) is 1.80. The van der Waals surface area contributed by atoms with Crippen molar-refractivity contribution in [2.45, 2.75) is 13.0 Å². The van der Waals surface area contributed by atoms with Crippen molar-refractivity contribution in [2.24, 2.45) is 7.05 Å². The van der Waals surface area contributed by atoms with Gasteiger partial charge in [0.15, 0.2) is 0 Å². The van der Waals surface area contributed by atoms with Crippen LogP contribution in [0.3, 0.4) is 0 Å². The van der Waals surface area contributed by atoms with Crippen LogP contribution >= 0.6 is 0 Å². The summed E-state index contributed by atoms with van der Waals surface area (Å²) in [6.45, 7) is 0.769. The van der Waals surface area contributed by atoms with Crippen molar-refractivity contribution in [1.82, 2.24) is 25.0 Å². The first-order valence-electron chi connectivity index (χ1n) is 9.14. The number of nitrogens with one attached hydrogen (secondary N) is 2. The van der Waals surface area contributed by atoms with Crippen LogP contribution in [0.15, 0.2) is 41.7 Å². The number of aryl methyl sites for hydroxylation is 1. The van der Waals surface area contributed by atoms with E-state index in [1.807, 2.05) is 6.20 Å². The van der Waals surface area contributed by atoms with E-state index in [0.29, 0.717) is 46.5 Å². The number of nitrogens with zero attached hydrogens (tertiary/aromatic N) is 4. The Bertz CT molecular complexity index is 1300. The Balaban J connectivity index is 1.57. The van der Waals surface area contributed by atoms with Crippen molar-refractivity contribution in [3.63, 3.8) is 0 Å². The Kier molecular flexibility index (Phi) is 4.01. The normalized spacial score (nSPS) is 12.8. The van der Waals surface area contributed by atoms with Crippen LogP contribution in [0.4, 0.5) is 10.2 Å². The van der Waals surface area contributed by atoms with E-state index in [1.165, 1.54) is 6.07 Å². The minimum absolute atomic E-state index is 0.222. The highest BCUT2D eigenvalue weighted by Crippen LogP contribution is 2.32. The lowest BCUT2D eigenvalue weighted by Crippen LogP contribution is -2.12. The number of anilines is 1. The van der Waals surface area contributed by atoms with Crippen LogP contribution in [0.1, 0.15) is 11.1 Å². The second kappa shape index (κ2) is 6.69. The molecule has 146 valence electrons. The zero-order chi connectivity index (χ0) is 20.0. The molecule has 0 bridgehead atoms. The molecule has 0 saturated heterocycles. The third kappa shape index (κ3) is 2.91. The third-order valence-corrected chi connectivity index (χ3v) is 5.09. The fourth-order valence-electron chi connectivity index (χ4n) is 3.71. The van der Waals surface area contributed by atoms with Crippen LogP contribution in [0, 0.1) is 5.82 Å². The van der Waals surface area contributed by atoms with Gasteiger partial charge >= 0.3 is 0 Å². The molecule has 4 aromatic rings. The van der Waals surface area contributed by atoms with E-state index in [4.69, 9.17) is 4.74 Å². The van der Waals surface area contributed by atoms with Gasteiger partial charge in [0.05, 0.1) is 29.8 Å². The van der Waals surface area contributed by atoms with Gasteiger partial charge < -0.3 is 10.1 Å². The predicted molar refractivity (Wildman–Crippen MR) is 105 cm³/mol. The summed E-state index contributed by atoms with van der Waals surface area (Å²) in [4.78, 5) is 17.0. The van der Waals surface area contributed by atoms with Gasteiger partial charge in [-0.25, -0.2) is 14.5 Å². The molecule has 1 aliphatic heterocycles. The first-order chi connectivity index (χ1) is 14.1. The molecule has 0 saturated carbocycles. The number of hydrogen-bond donors (Lipinski definition) is 2. The summed E-state index contributed by atoms with van der Waals surface area (Å²) in [5, 5.41) is 14.7. The smallest absolute Gasteiger partial charge is 0.272 e. The van der Waals surface area contributed by atoms with Gasteiger partial charge in [-0.2, -0.15) is 10.2 Å². The number of benzene rings is 1. The van der Waals surface area contributed by atoms with Crippen LogP contribution in [0.2, 0.25) is 0 Å². The van der Waals surface area contributed by atoms with Crippen LogP contribution in [-0.2, 0) is 20.0 Å². The number of pyridine rings is 1. The second-order valence-corrected chi connectivity index (χ2v) is 6.87. The maximum atomic E-state index is 14.4. The van der Waals surface area contributed by atoms with Gasteiger partial charge in [-0.3, -0.25) is 9.48 Å². The molecule has 2 N–H and O–H groups in total. The van der Waals surface area contributed by atoms with Gasteiger partial charge in [-0.1, -0.05) is 0 Å². The molecular formula is C20H17FN6O2. The molecule has 5 rings (SSSR count). The van der Waals surface area contributed by atoms with E-state index in [-0.39, 0.29) is 17.9 Å². The predicted octanol–water partition coefficient (Wildman–Crippen LogP) is 2.40. The molecule has 0 aliphatic carbocycles. The van der Waals surface area contributed by atoms with Gasteiger partial charge in [-0.15, -0.1) is 0 Å². The number of fused-ring (bicyclic) bond motifs is 2. The molecule has 0 fully saturated rings. The van der Waals surface area contributed by atoms with Crippen molar-refractivity contribution in [3.05, 3.63) is 64.2 Å². The SMILES string of the molecule is Cn1cc(-c2cnc(NCc3c(F)ccc4c3CCO4)c3cn[nH]c(=O)c23)cn1. The average Bonchev–Trinajstić information content (AvgIpc) is 3.36. The largest absolute Gasteiger partial charge is 0.493 e. The molecule has 1 aromatic carbocycles. The summed E-state index contributed by atoms with van der Waals surface area (Å²) >= 11 is 0. The number of H-pyrrole nitrogens is 1. The highest BCUT2D eigenvalue weighted by Gasteiger charge is 2.20. The second-order valence-electron chi connectivity index (χ2n) is 6.87. The number of hydrogen-bond acceptors (Lipinski definition) is 6. The van der Waals surface area contributed by atoms with Gasteiger partial charge in [0.2, 0.25) is 0 Å². The number of halogens is 1. The lowest BCUT2D eigenvalue weighted by atomic mass is 10.0. The van der Waals surface area contributed by atoms with E-state index in [1.54, 1.807) is 36.4 Å². The van der Waals surface area contributed by atoms with Crippen molar-refractivity contribution in [1.29, 1.82) is 0 Å². The van der Waals surface area contributed by atoms with E-state index in [2.05, 4.69) is 25.6 Å². The molecule has 3 aromatic heterocycles. The van der Waals surface area contributed by atoms with E-state index >= 15 is 0 Å². The molecule has 0 amide bonds. The number of ether oxygens (including phenoxy) is 1. The van der Waals surface area contributed by atoms with Crippen LogP contribution in [-0.4, -0.2) is 31.6 Å². The molecule has 1 aliphatic rings. The Morgan fingerprint density at radius 2 is 2.21 bits per heavy atom. The van der Waals surface area contributed by atoms with Crippen molar-refractivity contribution in [3.8, 4) is 16.9 Å². The lowest BCUT2D eigenvalue weighted by molar-refractivity contribution is 0.356. The molecule has 0 radical (unpaired) electrons. The monoisotopic (exact) mass is 392 g/mol. The Morgan fingerprint density at radius 3 is 3.03 bits per heavy atom. The molecule has 8 nitrogen and oxygen atoms in total. The molecule has 29 heavy (non-hydrogen) atoms.